The number of thiazole rings is 1. The van der Waals surface area contributed by atoms with Crippen molar-refractivity contribution in [3.05, 3.63) is 58.6 Å². The molecule has 2 heterocycles. The van der Waals surface area contributed by atoms with Gasteiger partial charge in [0.1, 0.15) is 29.4 Å². The quantitative estimate of drug-likeness (QED) is 0.632. The van der Waals surface area contributed by atoms with Crippen LogP contribution in [0.15, 0.2) is 48.0 Å². The minimum absolute atomic E-state index is 0.370. The first-order valence-electron chi connectivity index (χ1n) is 8.63. The zero-order chi connectivity index (χ0) is 17.4. The second-order valence-electron chi connectivity index (χ2n) is 6.29. The lowest BCUT2D eigenvalue weighted by Gasteiger charge is -2.25. The number of aryl methyl sites for hydroxylation is 1. The number of rotatable bonds is 3. The van der Waals surface area contributed by atoms with Crippen LogP contribution in [0.3, 0.4) is 0 Å². The Hall–Kier alpha value is -2.33. The maximum absolute atomic E-state index is 5.97. The van der Waals surface area contributed by atoms with Gasteiger partial charge >= 0.3 is 0 Å². The molecule has 1 aliphatic heterocycles. The molecule has 0 saturated heterocycles. The summed E-state index contributed by atoms with van der Waals surface area (Å²) in [6.45, 7) is 6.03. The number of benzene rings is 2. The molecule has 0 radical (unpaired) electrons. The van der Waals surface area contributed by atoms with Gasteiger partial charge in [-0.15, -0.1) is 0 Å². The molecule has 25 heavy (non-hydrogen) atoms. The van der Waals surface area contributed by atoms with E-state index < -0.39 is 0 Å². The van der Waals surface area contributed by atoms with Gasteiger partial charge in [0.25, 0.3) is 5.01 Å². The predicted molar refractivity (Wildman–Crippen MR) is 103 cm³/mol. The maximum atomic E-state index is 5.97. The van der Waals surface area contributed by atoms with Crippen LogP contribution in [0.25, 0.3) is 16.3 Å². The molecule has 0 N–H and O–H groups in total. The van der Waals surface area contributed by atoms with Gasteiger partial charge in [0.05, 0.1) is 13.2 Å². The summed E-state index contributed by atoms with van der Waals surface area (Å²) in [5, 5.41) is 1.26. The standard InChI is InChI=1S/C21H22NO2S/c1-4-22-18-12-16(23-3)9-10-20(18)25-21(22)11-15-13-24-19-8-6-5-7-17(19)14(15)2/h5-12,14H,4,13H2,1-3H3/q+1. The fourth-order valence-electron chi connectivity index (χ4n) is 3.42. The number of hydrogen-bond donors (Lipinski definition) is 0. The monoisotopic (exact) mass is 352 g/mol. The van der Waals surface area contributed by atoms with Crippen LogP contribution >= 0.6 is 11.3 Å². The van der Waals surface area contributed by atoms with Crippen LogP contribution in [0, 0.1) is 0 Å². The lowest BCUT2D eigenvalue weighted by molar-refractivity contribution is -0.665. The van der Waals surface area contributed by atoms with E-state index in [9.17, 15) is 0 Å². The van der Waals surface area contributed by atoms with Crippen molar-refractivity contribution in [2.45, 2.75) is 26.3 Å². The van der Waals surface area contributed by atoms with Gasteiger partial charge in [0, 0.05) is 17.6 Å². The molecule has 0 spiro atoms. The molecular formula is C21H22NO2S+. The molecule has 3 aromatic rings. The largest absolute Gasteiger partial charge is 0.497 e. The highest BCUT2D eigenvalue weighted by Gasteiger charge is 2.25. The zero-order valence-electron chi connectivity index (χ0n) is 14.8. The van der Waals surface area contributed by atoms with Crippen molar-refractivity contribution in [2.75, 3.05) is 13.7 Å². The molecular weight excluding hydrogens is 330 g/mol. The van der Waals surface area contributed by atoms with Gasteiger partial charge in [0.2, 0.25) is 5.52 Å². The third kappa shape index (κ3) is 2.81. The van der Waals surface area contributed by atoms with E-state index in [1.165, 1.54) is 26.4 Å². The molecule has 1 aromatic heterocycles. The van der Waals surface area contributed by atoms with Crippen LogP contribution in [-0.4, -0.2) is 13.7 Å². The second-order valence-corrected chi connectivity index (χ2v) is 7.35. The molecule has 4 rings (SSSR count). The Labute approximate surface area is 152 Å². The Kier molecular flexibility index (Phi) is 4.22. The van der Waals surface area contributed by atoms with E-state index in [-0.39, 0.29) is 0 Å². The van der Waals surface area contributed by atoms with Crippen molar-refractivity contribution >= 4 is 27.6 Å². The molecule has 1 aliphatic rings. The molecule has 128 valence electrons. The number of nitrogens with zero attached hydrogens (tertiary/aromatic N) is 1. The van der Waals surface area contributed by atoms with E-state index in [0.29, 0.717) is 12.5 Å². The first-order valence-corrected chi connectivity index (χ1v) is 9.45. The van der Waals surface area contributed by atoms with Gasteiger partial charge in [0.15, 0.2) is 0 Å². The Morgan fingerprint density at radius 1 is 1.28 bits per heavy atom. The maximum Gasteiger partial charge on any atom is 0.262 e. The first kappa shape index (κ1) is 16.2. The van der Waals surface area contributed by atoms with Crippen LogP contribution in [0.5, 0.6) is 11.5 Å². The molecule has 1 unspecified atom stereocenters. The summed E-state index contributed by atoms with van der Waals surface area (Å²) in [4.78, 5) is 0. The van der Waals surface area contributed by atoms with Crippen molar-refractivity contribution in [1.82, 2.24) is 0 Å². The summed E-state index contributed by atoms with van der Waals surface area (Å²) in [7, 11) is 1.71. The van der Waals surface area contributed by atoms with E-state index in [0.717, 1.165) is 18.0 Å². The van der Waals surface area contributed by atoms with Gasteiger partial charge in [-0.3, -0.25) is 0 Å². The molecule has 4 heteroatoms. The topological polar surface area (TPSA) is 22.3 Å². The van der Waals surface area contributed by atoms with Crippen LogP contribution in [-0.2, 0) is 6.54 Å². The van der Waals surface area contributed by atoms with Crippen molar-refractivity contribution < 1.29 is 14.0 Å². The van der Waals surface area contributed by atoms with Crippen molar-refractivity contribution in [1.29, 1.82) is 0 Å². The molecule has 1 atom stereocenters. The van der Waals surface area contributed by atoms with Crippen molar-refractivity contribution in [3.63, 3.8) is 0 Å². The lowest BCUT2D eigenvalue weighted by Crippen LogP contribution is -2.33. The third-order valence-corrected chi connectivity index (χ3v) is 6.01. The van der Waals surface area contributed by atoms with Crippen LogP contribution in [0.1, 0.15) is 30.3 Å². The highest BCUT2D eigenvalue weighted by Crippen LogP contribution is 2.37. The normalized spacial score (nSPS) is 18.2. The number of methoxy groups -OCH3 is 1. The van der Waals surface area contributed by atoms with E-state index in [2.05, 4.69) is 54.8 Å². The van der Waals surface area contributed by atoms with E-state index in [4.69, 9.17) is 9.47 Å². The van der Waals surface area contributed by atoms with E-state index in [1.807, 2.05) is 23.5 Å². The smallest absolute Gasteiger partial charge is 0.262 e. The number of ether oxygens (including phenoxy) is 2. The Bertz CT molecular complexity index is 958. The summed E-state index contributed by atoms with van der Waals surface area (Å²) in [6, 6.07) is 14.6. The van der Waals surface area contributed by atoms with Gasteiger partial charge in [-0.1, -0.05) is 36.5 Å². The summed E-state index contributed by atoms with van der Waals surface area (Å²) in [6.07, 6.45) is 2.31. The van der Waals surface area contributed by atoms with Crippen molar-refractivity contribution in [2.24, 2.45) is 0 Å². The van der Waals surface area contributed by atoms with Gasteiger partial charge in [-0.2, -0.15) is 4.57 Å². The Balaban J connectivity index is 1.79. The number of hydrogen-bond acceptors (Lipinski definition) is 3. The SMILES string of the molecule is CC[n+]1c(C=C2COc3ccccc3C2C)sc2ccc(OC)cc21. The van der Waals surface area contributed by atoms with Gasteiger partial charge < -0.3 is 9.47 Å². The summed E-state index contributed by atoms with van der Waals surface area (Å²) >= 11 is 1.82. The Morgan fingerprint density at radius 3 is 2.92 bits per heavy atom. The highest BCUT2D eigenvalue weighted by molar-refractivity contribution is 7.18. The minimum atomic E-state index is 0.370. The molecule has 0 saturated carbocycles. The van der Waals surface area contributed by atoms with Crippen LogP contribution in [0.4, 0.5) is 0 Å². The zero-order valence-corrected chi connectivity index (χ0v) is 15.6. The van der Waals surface area contributed by atoms with Gasteiger partial charge in [-0.05, 0) is 30.7 Å². The lowest BCUT2D eigenvalue weighted by atomic mass is 9.90. The average Bonchev–Trinajstić information content (AvgIpc) is 3.00. The van der Waals surface area contributed by atoms with E-state index in [1.54, 1.807) is 7.11 Å². The number of aromatic nitrogens is 1. The minimum Gasteiger partial charge on any atom is -0.497 e. The molecule has 0 fully saturated rings. The summed E-state index contributed by atoms with van der Waals surface area (Å²) in [5.74, 6) is 2.28. The molecule has 2 aromatic carbocycles. The molecule has 0 bridgehead atoms. The van der Waals surface area contributed by atoms with Crippen molar-refractivity contribution in [3.8, 4) is 11.5 Å². The summed E-state index contributed by atoms with van der Waals surface area (Å²) < 4.78 is 15.0. The van der Waals surface area contributed by atoms with Gasteiger partial charge in [-0.25, -0.2) is 0 Å². The molecule has 0 amide bonds. The molecule has 3 nitrogen and oxygen atoms in total. The Morgan fingerprint density at radius 2 is 2.12 bits per heavy atom. The number of fused-ring (bicyclic) bond motifs is 2. The van der Waals surface area contributed by atoms with Crippen LogP contribution in [0.2, 0.25) is 0 Å². The second kappa shape index (κ2) is 6.52. The average molecular weight is 352 g/mol. The fourth-order valence-corrected chi connectivity index (χ4v) is 4.61. The highest BCUT2D eigenvalue weighted by atomic mass is 32.1. The summed E-state index contributed by atoms with van der Waals surface area (Å²) in [5.41, 5.74) is 3.81. The van der Waals surface area contributed by atoms with E-state index >= 15 is 0 Å². The van der Waals surface area contributed by atoms with Crippen LogP contribution < -0.4 is 14.0 Å². The molecule has 0 aliphatic carbocycles. The first-order chi connectivity index (χ1) is 12.2. The predicted octanol–water partition coefficient (Wildman–Crippen LogP) is 4.80. The third-order valence-electron chi connectivity index (χ3n) is 4.90. The fraction of sp³-hybridized carbons (Fsp3) is 0.286. The number of para-hydroxylation sites is 1.